The number of hydrogen-bond donors (Lipinski definition) is 0. The van der Waals surface area contributed by atoms with Crippen molar-refractivity contribution in [2.24, 2.45) is 5.92 Å². The van der Waals surface area contributed by atoms with Crippen LogP contribution in [-0.2, 0) is 14.4 Å². The van der Waals surface area contributed by atoms with E-state index in [0.717, 1.165) is 12.8 Å². The number of benzene rings is 2. The van der Waals surface area contributed by atoms with Crippen molar-refractivity contribution in [3.8, 4) is 0 Å². The number of hydrogen-bond acceptors (Lipinski definition) is 6. The molecule has 4 rings (SSSR count). The van der Waals surface area contributed by atoms with E-state index in [4.69, 9.17) is 4.84 Å². The Morgan fingerprint density at radius 1 is 1.07 bits per heavy atom. The van der Waals surface area contributed by atoms with Gasteiger partial charge in [-0.3, -0.25) is 29.4 Å². The fourth-order valence-electron chi connectivity index (χ4n) is 3.97. The van der Waals surface area contributed by atoms with Gasteiger partial charge in [-0.25, -0.2) is 5.06 Å². The Morgan fingerprint density at radius 3 is 2.52 bits per heavy atom. The molecule has 2 amide bonds. The molecule has 2 aromatic rings. The summed E-state index contributed by atoms with van der Waals surface area (Å²) in [5.41, 5.74) is 1.17. The van der Waals surface area contributed by atoms with Gasteiger partial charge in [0.2, 0.25) is 5.91 Å². The Hall–Kier alpha value is -3.26. The first-order valence-corrected chi connectivity index (χ1v) is 9.63. The maximum atomic E-state index is 13.1. The van der Waals surface area contributed by atoms with Gasteiger partial charge in [0.15, 0.2) is 6.10 Å². The summed E-state index contributed by atoms with van der Waals surface area (Å²) in [6.07, 6.45) is 0.655. The highest BCUT2D eigenvalue weighted by Gasteiger charge is 2.59. The van der Waals surface area contributed by atoms with Gasteiger partial charge in [0, 0.05) is 18.7 Å². The number of unbranched alkanes of at least 4 members (excludes halogenated alkanes) is 1. The number of rotatable bonds is 6. The van der Waals surface area contributed by atoms with Crippen molar-refractivity contribution in [3.63, 3.8) is 0 Å². The number of anilines is 1. The number of amides is 2. The molecule has 3 unspecified atom stereocenters. The topological polar surface area (TPSA) is 93.0 Å². The van der Waals surface area contributed by atoms with Crippen LogP contribution in [0.2, 0.25) is 0 Å². The van der Waals surface area contributed by atoms with Gasteiger partial charge in [-0.05, 0) is 24.1 Å². The van der Waals surface area contributed by atoms with E-state index in [2.05, 4.69) is 0 Å². The van der Waals surface area contributed by atoms with E-state index in [1.807, 2.05) is 37.3 Å². The molecule has 0 aliphatic carbocycles. The van der Waals surface area contributed by atoms with Crippen LogP contribution in [0, 0.1) is 16.0 Å². The van der Waals surface area contributed by atoms with E-state index in [-0.39, 0.29) is 17.5 Å². The van der Waals surface area contributed by atoms with Crippen LogP contribution in [0.4, 0.5) is 11.4 Å². The number of carbonyl (C=O) groups excluding carboxylic acids is 2. The minimum atomic E-state index is -0.927. The summed E-state index contributed by atoms with van der Waals surface area (Å²) in [5, 5.41) is 12.8. The lowest BCUT2D eigenvalue weighted by Crippen LogP contribution is -2.37. The Labute approximate surface area is 167 Å². The van der Waals surface area contributed by atoms with Crippen molar-refractivity contribution in [2.75, 3.05) is 11.6 Å². The molecule has 0 N–H and O–H groups in total. The molecule has 2 aromatic carbocycles. The molecule has 8 nitrogen and oxygen atoms in total. The zero-order chi connectivity index (χ0) is 20.5. The average Bonchev–Trinajstić information content (AvgIpc) is 3.24. The number of para-hydroxylation sites is 1. The van der Waals surface area contributed by atoms with Crippen LogP contribution in [0.25, 0.3) is 0 Å². The van der Waals surface area contributed by atoms with Crippen LogP contribution in [-0.4, -0.2) is 34.3 Å². The highest BCUT2D eigenvalue weighted by atomic mass is 16.7. The van der Waals surface area contributed by atoms with Crippen LogP contribution in [0.15, 0.2) is 54.6 Å². The molecule has 2 saturated heterocycles. The van der Waals surface area contributed by atoms with Gasteiger partial charge in [-0.2, -0.15) is 0 Å². The molecule has 29 heavy (non-hydrogen) atoms. The van der Waals surface area contributed by atoms with Crippen LogP contribution in [0.1, 0.15) is 31.4 Å². The number of nitro benzene ring substituents is 1. The second kappa shape index (κ2) is 7.63. The summed E-state index contributed by atoms with van der Waals surface area (Å²) in [5.74, 6) is -1.38. The quantitative estimate of drug-likeness (QED) is 0.423. The molecule has 2 heterocycles. The molecule has 0 radical (unpaired) electrons. The van der Waals surface area contributed by atoms with Gasteiger partial charge < -0.3 is 0 Å². The molecule has 3 atom stereocenters. The standard InChI is InChI=1S/C21H21N3O5/c1-2-3-12-22-20(25)17-18(14-8-7-11-16(13-14)24(27)28)23(29-19(17)21(22)26)15-9-5-4-6-10-15/h4-11,13,17-19H,2-3,12H2,1H3. The summed E-state index contributed by atoms with van der Waals surface area (Å²) < 4.78 is 0. The molecule has 150 valence electrons. The number of fused-ring (bicyclic) bond motifs is 1. The van der Waals surface area contributed by atoms with Crippen molar-refractivity contribution in [2.45, 2.75) is 31.9 Å². The predicted molar refractivity (Wildman–Crippen MR) is 105 cm³/mol. The van der Waals surface area contributed by atoms with Crippen molar-refractivity contribution in [1.29, 1.82) is 0 Å². The number of likely N-dealkylation sites (tertiary alicyclic amines) is 1. The van der Waals surface area contributed by atoms with Crippen molar-refractivity contribution in [3.05, 3.63) is 70.3 Å². The molecule has 2 fully saturated rings. The summed E-state index contributed by atoms with van der Waals surface area (Å²) >= 11 is 0. The summed E-state index contributed by atoms with van der Waals surface area (Å²) in [6, 6.07) is 14.7. The number of nitrogens with zero attached hydrogens (tertiary/aromatic N) is 3. The fraction of sp³-hybridized carbons (Fsp3) is 0.333. The Balaban J connectivity index is 1.77. The van der Waals surface area contributed by atoms with Crippen molar-refractivity contribution < 1.29 is 19.3 Å². The van der Waals surface area contributed by atoms with E-state index in [0.29, 0.717) is 17.8 Å². The Morgan fingerprint density at radius 2 is 1.83 bits per heavy atom. The Kier molecular flexibility index (Phi) is 5.02. The lowest BCUT2D eigenvalue weighted by Gasteiger charge is -2.28. The molecule has 0 spiro atoms. The number of hydroxylamine groups is 1. The highest BCUT2D eigenvalue weighted by Crippen LogP contribution is 2.47. The largest absolute Gasteiger partial charge is 0.280 e. The molecule has 2 aliphatic rings. The lowest BCUT2D eigenvalue weighted by atomic mass is 9.90. The predicted octanol–water partition coefficient (Wildman–Crippen LogP) is 3.24. The minimum absolute atomic E-state index is 0.0708. The maximum Gasteiger partial charge on any atom is 0.269 e. The van der Waals surface area contributed by atoms with E-state index < -0.39 is 23.0 Å². The van der Waals surface area contributed by atoms with Crippen LogP contribution in [0.3, 0.4) is 0 Å². The van der Waals surface area contributed by atoms with Crippen molar-refractivity contribution in [1.82, 2.24) is 4.90 Å². The van der Waals surface area contributed by atoms with E-state index >= 15 is 0 Å². The lowest BCUT2D eigenvalue weighted by molar-refractivity contribution is -0.384. The number of imide groups is 1. The number of carbonyl (C=O) groups is 2. The van der Waals surface area contributed by atoms with Gasteiger partial charge in [0.05, 0.1) is 16.7 Å². The normalized spacial score (nSPS) is 23.6. The Bertz CT molecular complexity index is 948. The van der Waals surface area contributed by atoms with Crippen LogP contribution >= 0.6 is 0 Å². The first kappa shape index (κ1) is 19.1. The molecule has 8 heteroatoms. The number of non-ortho nitro benzene ring substituents is 1. The zero-order valence-corrected chi connectivity index (χ0v) is 15.9. The zero-order valence-electron chi connectivity index (χ0n) is 15.9. The average molecular weight is 395 g/mol. The van der Waals surface area contributed by atoms with Gasteiger partial charge in [-0.15, -0.1) is 0 Å². The van der Waals surface area contributed by atoms with E-state index in [1.54, 1.807) is 17.2 Å². The van der Waals surface area contributed by atoms with Crippen LogP contribution in [0.5, 0.6) is 0 Å². The molecule has 2 aliphatic heterocycles. The maximum absolute atomic E-state index is 13.1. The summed E-state index contributed by atoms with van der Waals surface area (Å²) in [4.78, 5) is 44.1. The smallest absolute Gasteiger partial charge is 0.269 e. The third-order valence-electron chi connectivity index (χ3n) is 5.38. The van der Waals surface area contributed by atoms with Gasteiger partial charge in [0.1, 0.15) is 5.92 Å². The molecule has 0 aromatic heterocycles. The summed E-state index contributed by atoms with van der Waals surface area (Å²) in [7, 11) is 0. The fourth-order valence-corrected chi connectivity index (χ4v) is 3.97. The van der Waals surface area contributed by atoms with Crippen LogP contribution < -0.4 is 5.06 Å². The molecule has 0 saturated carbocycles. The van der Waals surface area contributed by atoms with E-state index in [1.165, 1.54) is 17.0 Å². The SMILES string of the molecule is CCCCN1C(=O)C2ON(c3ccccc3)C(c3cccc([N+](=O)[O-])c3)C2C1=O. The highest BCUT2D eigenvalue weighted by molar-refractivity contribution is 6.07. The molecular formula is C21H21N3O5. The third kappa shape index (κ3) is 3.25. The first-order chi connectivity index (χ1) is 14.0. The van der Waals surface area contributed by atoms with Gasteiger partial charge >= 0.3 is 0 Å². The monoisotopic (exact) mass is 395 g/mol. The van der Waals surface area contributed by atoms with Gasteiger partial charge in [0.25, 0.3) is 11.6 Å². The third-order valence-corrected chi connectivity index (χ3v) is 5.38. The number of nitro groups is 1. The second-order valence-electron chi connectivity index (χ2n) is 7.19. The minimum Gasteiger partial charge on any atom is -0.280 e. The van der Waals surface area contributed by atoms with Gasteiger partial charge in [-0.1, -0.05) is 43.7 Å². The summed E-state index contributed by atoms with van der Waals surface area (Å²) in [6.45, 7) is 2.35. The first-order valence-electron chi connectivity index (χ1n) is 9.63. The van der Waals surface area contributed by atoms with Crippen molar-refractivity contribution >= 4 is 23.2 Å². The van der Waals surface area contributed by atoms with E-state index in [9.17, 15) is 19.7 Å². The molecule has 0 bridgehead atoms. The second-order valence-corrected chi connectivity index (χ2v) is 7.19. The molecular weight excluding hydrogens is 374 g/mol.